The third-order valence-electron chi connectivity index (χ3n) is 5.15. The molecule has 0 unspecified atom stereocenters. The van der Waals surface area contributed by atoms with E-state index in [0.717, 1.165) is 49.5 Å². The van der Waals surface area contributed by atoms with Crippen molar-refractivity contribution in [1.82, 2.24) is 30.1 Å². The number of hydrogen-bond donors (Lipinski definition) is 0. The summed E-state index contributed by atoms with van der Waals surface area (Å²) in [6.45, 7) is 2.86. The maximum atomic E-state index is 4.85. The molecule has 6 nitrogen and oxygen atoms in total. The number of aromatic nitrogens is 5. The largest absolute Gasteiger partial charge is 0.296 e. The number of fused-ring (bicyclic) bond motifs is 1. The molecule has 7 heteroatoms. The van der Waals surface area contributed by atoms with Gasteiger partial charge in [-0.3, -0.25) is 4.90 Å². The van der Waals surface area contributed by atoms with Crippen LogP contribution >= 0.6 is 11.3 Å². The molecule has 0 bridgehead atoms. The summed E-state index contributed by atoms with van der Waals surface area (Å²) in [5.41, 5.74) is 2.13. The molecule has 1 aliphatic heterocycles. The van der Waals surface area contributed by atoms with Crippen LogP contribution in [0.5, 0.6) is 0 Å². The molecule has 4 aromatic rings. The lowest BCUT2D eigenvalue weighted by molar-refractivity contribution is 0.199. The number of nitrogens with zero attached hydrogens (tertiary/aromatic N) is 6. The molecule has 1 aliphatic rings. The van der Waals surface area contributed by atoms with Crippen LogP contribution in [-0.2, 0) is 6.54 Å². The molecule has 0 aliphatic carbocycles. The molecule has 0 amide bonds. The Hall–Kier alpha value is -2.64. The van der Waals surface area contributed by atoms with Gasteiger partial charge in [-0.05, 0) is 60.6 Å². The second-order valence-electron chi connectivity index (χ2n) is 6.91. The number of thiazole rings is 1. The van der Waals surface area contributed by atoms with E-state index in [1.807, 2.05) is 46.4 Å². The molecule has 0 saturated carbocycles. The summed E-state index contributed by atoms with van der Waals surface area (Å²) in [7, 11) is 0. The van der Waals surface area contributed by atoms with E-state index in [1.165, 1.54) is 9.71 Å². The maximum Gasteiger partial charge on any atom is 0.170 e. The van der Waals surface area contributed by atoms with Gasteiger partial charge in [-0.15, -0.1) is 16.4 Å². The zero-order chi connectivity index (χ0) is 18.1. The van der Waals surface area contributed by atoms with Gasteiger partial charge in [0.15, 0.2) is 5.82 Å². The Balaban J connectivity index is 1.26. The van der Waals surface area contributed by atoms with Gasteiger partial charge in [0.05, 0.1) is 27.5 Å². The number of hydrogen-bond acceptors (Lipinski definition) is 6. The van der Waals surface area contributed by atoms with Crippen LogP contribution in [0.3, 0.4) is 0 Å². The van der Waals surface area contributed by atoms with E-state index < -0.39 is 0 Å². The van der Waals surface area contributed by atoms with Crippen LogP contribution in [-0.4, -0.2) is 43.2 Å². The Kier molecular flexibility index (Phi) is 4.39. The number of piperidine rings is 1. The molecule has 27 heavy (non-hydrogen) atoms. The van der Waals surface area contributed by atoms with Crippen molar-refractivity contribution in [3.05, 3.63) is 65.4 Å². The molecule has 136 valence electrons. The molecule has 0 radical (unpaired) electrons. The Labute approximate surface area is 161 Å². The highest BCUT2D eigenvalue weighted by atomic mass is 32.1. The number of para-hydroxylation sites is 2. The van der Waals surface area contributed by atoms with Gasteiger partial charge < -0.3 is 0 Å². The first-order chi connectivity index (χ1) is 13.4. The molecule has 1 saturated heterocycles. The molecular weight excluding hydrogens is 356 g/mol. The predicted molar refractivity (Wildman–Crippen MR) is 106 cm³/mol. The maximum absolute atomic E-state index is 4.85. The minimum Gasteiger partial charge on any atom is -0.296 e. The average molecular weight is 376 g/mol. The molecule has 2 aromatic carbocycles. The minimum absolute atomic E-state index is 0.559. The SMILES string of the molecule is c1ccc(-n2nnnc2CN2CCC(c3nc4ccccc4s3)CC2)cc1. The second kappa shape index (κ2) is 7.17. The van der Waals surface area contributed by atoms with Crippen molar-refractivity contribution in [1.29, 1.82) is 0 Å². The van der Waals surface area contributed by atoms with Gasteiger partial charge in [-0.2, -0.15) is 4.68 Å². The van der Waals surface area contributed by atoms with Crippen LogP contribution in [0.15, 0.2) is 54.6 Å². The summed E-state index contributed by atoms with van der Waals surface area (Å²) in [6.07, 6.45) is 2.26. The first-order valence-corrected chi connectivity index (χ1v) is 10.1. The number of tetrazole rings is 1. The van der Waals surface area contributed by atoms with E-state index >= 15 is 0 Å². The van der Waals surface area contributed by atoms with Crippen molar-refractivity contribution < 1.29 is 0 Å². The van der Waals surface area contributed by atoms with Gasteiger partial charge in [0.25, 0.3) is 0 Å². The molecule has 0 N–H and O–H groups in total. The van der Waals surface area contributed by atoms with Crippen LogP contribution in [0.2, 0.25) is 0 Å². The van der Waals surface area contributed by atoms with Gasteiger partial charge in [0.1, 0.15) is 0 Å². The molecule has 0 spiro atoms. The summed E-state index contributed by atoms with van der Waals surface area (Å²) in [4.78, 5) is 7.29. The third kappa shape index (κ3) is 3.36. The summed E-state index contributed by atoms with van der Waals surface area (Å²) >= 11 is 1.84. The zero-order valence-corrected chi connectivity index (χ0v) is 15.7. The van der Waals surface area contributed by atoms with E-state index in [4.69, 9.17) is 4.98 Å². The fourth-order valence-corrected chi connectivity index (χ4v) is 4.81. The highest BCUT2D eigenvalue weighted by molar-refractivity contribution is 7.18. The summed E-state index contributed by atoms with van der Waals surface area (Å²) in [5.74, 6) is 1.45. The first-order valence-electron chi connectivity index (χ1n) is 9.27. The van der Waals surface area contributed by atoms with Gasteiger partial charge in [-0.25, -0.2) is 4.98 Å². The van der Waals surface area contributed by atoms with Crippen molar-refractivity contribution in [3.8, 4) is 5.69 Å². The molecule has 3 heterocycles. The number of benzene rings is 2. The average Bonchev–Trinajstić information content (AvgIpc) is 3.36. The highest BCUT2D eigenvalue weighted by Crippen LogP contribution is 2.34. The summed E-state index contributed by atoms with van der Waals surface area (Å²) < 4.78 is 3.12. The Morgan fingerprint density at radius 3 is 2.56 bits per heavy atom. The van der Waals surface area contributed by atoms with Crippen molar-refractivity contribution in [2.24, 2.45) is 0 Å². The molecule has 0 atom stereocenters. The predicted octanol–water partition coefficient (Wildman–Crippen LogP) is 3.65. The van der Waals surface area contributed by atoms with E-state index in [1.54, 1.807) is 0 Å². The minimum atomic E-state index is 0.559. The van der Waals surface area contributed by atoms with Crippen molar-refractivity contribution in [3.63, 3.8) is 0 Å². The highest BCUT2D eigenvalue weighted by Gasteiger charge is 2.24. The Morgan fingerprint density at radius 1 is 0.963 bits per heavy atom. The van der Waals surface area contributed by atoms with E-state index in [9.17, 15) is 0 Å². The lowest BCUT2D eigenvalue weighted by atomic mass is 9.97. The zero-order valence-electron chi connectivity index (χ0n) is 14.9. The number of likely N-dealkylation sites (tertiary alicyclic amines) is 1. The monoisotopic (exact) mass is 376 g/mol. The van der Waals surface area contributed by atoms with E-state index in [-0.39, 0.29) is 0 Å². The second-order valence-corrected chi connectivity index (χ2v) is 7.97. The molecule has 5 rings (SSSR count). The standard InChI is InChI=1S/C20H20N6S/c1-2-6-16(7-3-1)26-19(22-23-24-26)14-25-12-10-15(11-13-25)20-21-17-8-4-5-9-18(17)27-20/h1-9,15H,10-14H2. The smallest absolute Gasteiger partial charge is 0.170 e. The Bertz CT molecular complexity index is 1000. The van der Waals surface area contributed by atoms with Crippen LogP contribution in [0, 0.1) is 0 Å². The van der Waals surface area contributed by atoms with Crippen LogP contribution in [0.1, 0.15) is 29.6 Å². The third-order valence-corrected chi connectivity index (χ3v) is 6.35. The van der Waals surface area contributed by atoms with Gasteiger partial charge in [-0.1, -0.05) is 30.3 Å². The van der Waals surface area contributed by atoms with Crippen LogP contribution in [0.25, 0.3) is 15.9 Å². The lowest BCUT2D eigenvalue weighted by Crippen LogP contribution is -2.33. The van der Waals surface area contributed by atoms with E-state index in [0.29, 0.717) is 5.92 Å². The quantitative estimate of drug-likeness (QED) is 0.544. The van der Waals surface area contributed by atoms with Crippen LogP contribution < -0.4 is 0 Å². The van der Waals surface area contributed by atoms with Gasteiger partial charge in [0.2, 0.25) is 0 Å². The fourth-order valence-electron chi connectivity index (χ4n) is 3.68. The first kappa shape index (κ1) is 16.5. The molecule has 2 aromatic heterocycles. The topological polar surface area (TPSA) is 59.7 Å². The van der Waals surface area contributed by atoms with Gasteiger partial charge in [0, 0.05) is 5.92 Å². The van der Waals surface area contributed by atoms with Crippen molar-refractivity contribution in [2.45, 2.75) is 25.3 Å². The fraction of sp³-hybridized carbons (Fsp3) is 0.300. The van der Waals surface area contributed by atoms with Crippen molar-refractivity contribution in [2.75, 3.05) is 13.1 Å². The lowest BCUT2D eigenvalue weighted by Gasteiger charge is -2.30. The van der Waals surface area contributed by atoms with Crippen molar-refractivity contribution >= 4 is 21.6 Å². The van der Waals surface area contributed by atoms with E-state index in [2.05, 4.69) is 44.7 Å². The Morgan fingerprint density at radius 2 is 1.74 bits per heavy atom. The van der Waals surface area contributed by atoms with Crippen LogP contribution in [0.4, 0.5) is 0 Å². The summed E-state index contributed by atoms with van der Waals surface area (Å²) in [5, 5.41) is 13.6. The molecular formula is C20H20N6S. The van der Waals surface area contributed by atoms with Gasteiger partial charge >= 0.3 is 0 Å². The molecule has 1 fully saturated rings. The normalized spacial score (nSPS) is 16.1. The number of rotatable bonds is 4. The summed E-state index contributed by atoms with van der Waals surface area (Å²) in [6, 6.07) is 18.5.